The van der Waals surface area contributed by atoms with Gasteiger partial charge in [0.25, 0.3) is 5.91 Å². The van der Waals surface area contributed by atoms with Crippen molar-refractivity contribution in [3.63, 3.8) is 0 Å². The molecule has 2 amide bonds. The molecule has 1 atom stereocenters. The maximum absolute atomic E-state index is 13.1. The van der Waals surface area contributed by atoms with Gasteiger partial charge in [0, 0.05) is 28.9 Å². The number of nitrogens with one attached hydrogen (secondary N) is 3. The Morgan fingerprint density at radius 1 is 1.06 bits per heavy atom. The van der Waals surface area contributed by atoms with Crippen LogP contribution >= 0.6 is 11.3 Å². The normalized spacial score (nSPS) is 20.4. The molecule has 8 heteroatoms. The number of thiophene rings is 1. The molecule has 1 aromatic heterocycles. The van der Waals surface area contributed by atoms with E-state index in [1.165, 1.54) is 11.3 Å². The summed E-state index contributed by atoms with van der Waals surface area (Å²) < 4.78 is 0. The van der Waals surface area contributed by atoms with Gasteiger partial charge in [-0.25, -0.2) is 0 Å². The molecule has 0 spiro atoms. The Labute approximate surface area is 184 Å². The zero-order chi connectivity index (χ0) is 21.7. The summed E-state index contributed by atoms with van der Waals surface area (Å²) >= 11 is 1.51. The van der Waals surface area contributed by atoms with Crippen LogP contribution in [0, 0.1) is 11.8 Å². The molecule has 3 aliphatic rings. The van der Waals surface area contributed by atoms with E-state index in [9.17, 15) is 19.2 Å². The van der Waals surface area contributed by atoms with E-state index in [4.69, 9.17) is 0 Å². The molecule has 2 aromatic rings. The highest BCUT2D eigenvalue weighted by Gasteiger charge is 2.35. The molecule has 0 saturated heterocycles. The molecule has 0 aliphatic heterocycles. The van der Waals surface area contributed by atoms with E-state index in [2.05, 4.69) is 16.0 Å². The molecule has 1 aromatic carbocycles. The average molecular weight is 442 g/mol. The van der Waals surface area contributed by atoms with E-state index in [1.807, 2.05) is 6.92 Å². The number of hydrogen-bond acceptors (Lipinski definition) is 6. The summed E-state index contributed by atoms with van der Waals surface area (Å²) in [6.45, 7) is 2.54. The maximum Gasteiger partial charge on any atom is 0.254 e. The van der Waals surface area contributed by atoms with Gasteiger partial charge in [-0.1, -0.05) is 6.92 Å². The van der Waals surface area contributed by atoms with Crippen LogP contribution in [0.1, 0.15) is 65.4 Å². The van der Waals surface area contributed by atoms with Crippen molar-refractivity contribution in [2.75, 3.05) is 17.2 Å². The number of hydrogen-bond donors (Lipinski definition) is 3. The van der Waals surface area contributed by atoms with E-state index in [0.29, 0.717) is 47.1 Å². The van der Waals surface area contributed by atoms with Crippen LogP contribution in [0.15, 0.2) is 9.59 Å². The van der Waals surface area contributed by atoms with Gasteiger partial charge in [-0.15, -0.1) is 11.3 Å². The predicted molar refractivity (Wildman–Crippen MR) is 121 cm³/mol. The fraction of sp³-hybridized carbons (Fsp3) is 0.565. The molecular formula is C23H27N3O4S. The molecule has 3 N–H and O–H groups in total. The minimum Gasteiger partial charge on any atom is -0.378 e. The van der Waals surface area contributed by atoms with Crippen LogP contribution in [0.3, 0.4) is 0 Å². The molecule has 0 bridgehead atoms. The molecule has 5 rings (SSSR count). The first-order chi connectivity index (χ1) is 15.0. The third-order valence-electron chi connectivity index (χ3n) is 6.63. The Kier molecular flexibility index (Phi) is 5.20. The summed E-state index contributed by atoms with van der Waals surface area (Å²) in [7, 11) is 0. The molecule has 1 heterocycles. The fourth-order valence-electron chi connectivity index (χ4n) is 4.37. The fourth-order valence-corrected chi connectivity index (χ4v) is 5.62. The third-order valence-corrected chi connectivity index (χ3v) is 7.84. The average Bonchev–Trinajstić information content (AvgIpc) is 3.68. The van der Waals surface area contributed by atoms with Crippen molar-refractivity contribution >= 4 is 33.8 Å². The van der Waals surface area contributed by atoms with Gasteiger partial charge in [-0.2, -0.15) is 0 Å². The molecule has 164 valence electrons. The van der Waals surface area contributed by atoms with Gasteiger partial charge in [0.15, 0.2) is 0 Å². The monoisotopic (exact) mass is 441 g/mol. The number of carbonyl (C=O) groups excluding carboxylic acids is 2. The van der Waals surface area contributed by atoms with Crippen LogP contribution in [0.5, 0.6) is 0 Å². The molecule has 31 heavy (non-hydrogen) atoms. The first-order valence-electron chi connectivity index (χ1n) is 11.3. The van der Waals surface area contributed by atoms with Gasteiger partial charge in [-0.05, 0) is 62.8 Å². The van der Waals surface area contributed by atoms with Crippen LogP contribution in [0.25, 0.3) is 0 Å². The Balaban J connectivity index is 1.39. The summed E-state index contributed by atoms with van der Waals surface area (Å²) in [6, 6.07) is -0.0161. The van der Waals surface area contributed by atoms with E-state index >= 15 is 0 Å². The number of carbonyl (C=O) groups is 2. The van der Waals surface area contributed by atoms with Crippen LogP contribution in [-0.2, 0) is 24.1 Å². The molecule has 2 saturated carbocycles. The quantitative estimate of drug-likeness (QED) is 0.546. The van der Waals surface area contributed by atoms with Crippen molar-refractivity contribution in [2.45, 2.75) is 64.3 Å². The van der Waals surface area contributed by atoms with E-state index in [-0.39, 0.29) is 29.2 Å². The highest BCUT2D eigenvalue weighted by atomic mass is 32.1. The summed E-state index contributed by atoms with van der Waals surface area (Å²) in [5.74, 6) is 0.511. The maximum atomic E-state index is 13.1. The third kappa shape index (κ3) is 3.93. The smallest absolute Gasteiger partial charge is 0.254 e. The summed E-state index contributed by atoms with van der Waals surface area (Å²) in [5, 5.41) is 9.99. The number of aryl methyl sites for hydroxylation is 1. The molecular weight excluding hydrogens is 414 g/mol. The van der Waals surface area contributed by atoms with Crippen molar-refractivity contribution in [2.24, 2.45) is 11.8 Å². The zero-order valence-electron chi connectivity index (χ0n) is 17.6. The summed E-state index contributed by atoms with van der Waals surface area (Å²) in [5.41, 5.74) is 1.74. The second kappa shape index (κ2) is 7.89. The highest BCUT2D eigenvalue weighted by molar-refractivity contribution is 7.17. The Morgan fingerprint density at radius 3 is 2.52 bits per heavy atom. The lowest BCUT2D eigenvalue weighted by Crippen LogP contribution is -2.41. The molecule has 0 unspecified atom stereocenters. The lowest BCUT2D eigenvalue weighted by atomic mass is 9.90. The number of anilines is 2. The Bertz CT molecular complexity index is 1120. The molecule has 7 nitrogen and oxygen atoms in total. The largest absolute Gasteiger partial charge is 0.378 e. The van der Waals surface area contributed by atoms with Crippen molar-refractivity contribution in [3.8, 4) is 0 Å². The number of fused-ring (bicyclic) bond motifs is 1. The van der Waals surface area contributed by atoms with Crippen LogP contribution in [0.4, 0.5) is 10.7 Å². The van der Waals surface area contributed by atoms with Gasteiger partial charge < -0.3 is 16.0 Å². The first-order valence-corrected chi connectivity index (χ1v) is 12.1. The van der Waals surface area contributed by atoms with E-state index in [1.54, 1.807) is 0 Å². The summed E-state index contributed by atoms with van der Waals surface area (Å²) in [6.07, 6.45) is 6.85. The minimum atomic E-state index is -0.437. The first kappa shape index (κ1) is 20.4. The number of rotatable bonds is 8. The zero-order valence-corrected chi connectivity index (χ0v) is 18.5. The van der Waals surface area contributed by atoms with Gasteiger partial charge in [0.1, 0.15) is 5.00 Å². The van der Waals surface area contributed by atoms with Crippen LogP contribution in [0.2, 0.25) is 0 Å². The number of amides is 2. The van der Waals surface area contributed by atoms with Gasteiger partial charge >= 0.3 is 0 Å². The Morgan fingerprint density at radius 2 is 1.84 bits per heavy atom. The predicted octanol–water partition coefficient (Wildman–Crippen LogP) is 2.36. The van der Waals surface area contributed by atoms with E-state index < -0.39 is 5.43 Å². The highest BCUT2D eigenvalue weighted by Crippen LogP contribution is 2.40. The minimum absolute atomic E-state index is 0.000773. The SMILES string of the molecule is CCc1c(N[C@H]2CCc3sc(NC(=O)C4CC4)c(C(=O)NCC4CC4)c3C2)c(=O)c1=O. The van der Waals surface area contributed by atoms with Crippen molar-refractivity contribution in [1.82, 2.24) is 5.32 Å². The van der Waals surface area contributed by atoms with Crippen LogP contribution < -0.4 is 26.8 Å². The second-order valence-electron chi connectivity index (χ2n) is 9.07. The topological polar surface area (TPSA) is 104 Å². The van der Waals surface area contributed by atoms with Crippen molar-refractivity contribution in [1.29, 1.82) is 0 Å². The summed E-state index contributed by atoms with van der Waals surface area (Å²) in [4.78, 5) is 50.4. The Hall–Kier alpha value is -2.48. The van der Waals surface area contributed by atoms with Gasteiger partial charge in [-0.3, -0.25) is 19.2 Å². The lowest BCUT2D eigenvalue weighted by Gasteiger charge is -2.26. The standard InChI is InChI=1S/C23H27N3O4S/c1-2-14-18(20(28)19(14)27)25-13-7-8-16-15(9-13)17(22(30)24-10-11-3-4-11)23(31-16)26-21(29)12-5-6-12/h11-13,25H,2-10H2,1H3,(H,24,30)(H,26,29)/t13-/m0/s1. The lowest BCUT2D eigenvalue weighted by molar-refractivity contribution is -0.117. The van der Waals surface area contributed by atoms with Crippen molar-refractivity contribution in [3.05, 3.63) is 42.0 Å². The van der Waals surface area contributed by atoms with Gasteiger partial charge in [0.2, 0.25) is 16.8 Å². The van der Waals surface area contributed by atoms with Crippen LogP contribution in [-0.4, -0.2) is 24.4 Å². The molecule has 2 fully saturated rings. The van der Waals surface area contributed by atoms with Gasteiger partial charge in [0.05, 0.1) is 11.3 Å². The second-order valence-corrected chi connectivity index (χ2v) is 10.2. The van der Waals surface area contributed by atoms with Crippen molar-refractivity contribution < 1.29 is 9.59 Å². The molecule has 3 aliphatic carbocycles. The molecule has 0 radical (unpaired) electrons. The van der Waals surface area contributed by atoms with E-state index in [0.717, 1.165) is 49.0 Å².